The highest BCUT2D eigenvalue weighted by atomic mass is 79.9. The molecule has 0 aliphatic carbocycles. The van der Waals surface area contributed by atoms with Crippen LogP contribution in [0.1, 0.15) is 22.3 Å². The van der Waals surface area contributed by atoms with Crippen molar-refractivity contribution in [3.8, 4) is 55.6 Å². The lowest BCUT2D eigenvalue weighted by molar-refractivity contribution is 1.34. The average molecular weight is 673 g/mol. The van der Waals surface area contributed by atoms with E-state index in [1.807, 2.05) is 0 Å². The van der Waals surface area contributed by atoms with Crippen LogP contribution >= 0.6 is 31.9 Å². The van der Waals surface area contributed by atoms with Crippen LogP contribution in [0, 0.1) is 27.7 Å². The quantitative estimate of drug-likeness (QED) is 0.171. The summed E-state index contributed by atoms with van der Waals surface area (Å²) in [4.78, 5) is 0. The van der Waals surface area contributed by atoms with Crippen molar-refractivity contribution >= 4 is 31.9 Å². The fraction of sp³-hybridized carbons (Fsp3) is 0.100. The van der Waals surface area contributed by atoms with Crippen molar-refractivity contribution in [2.24, 2.45) is 0 Å². The van der Waals surface area contributed by atoms with Crippen molar-refractivity contribution in [1.82, 2.24) is 0 Å². The van der Waals surface area contributed by atoms with E-state index in [9.17, 15) is 0 Å². The van der Waals surface area contributed by atoms with Gasteiger partial charge in [0.05, 0.1) is 0 Å². The number of rotatable bonds is 5. The van der Waals surface area contributed by atoms with Crippen LogP contribution in [0.4, 0.5) is 0 Å². The van der Waals surface area contributed by atoms with E-state index < -0.39 is 0 Å². The lowest BCUT2D eigenvalue weighted by Crippen LogP contribution is -1.87. The summed E-state index contributed by atoms with van der Waals surface area (Å²) in [6.07, 6.45) is 0. The Kier molecular flexibility index (Phi) is 8.03. The predicted molar refractivity (Wildman–Crippen MR) is 188 cm³/mol. The zero-order valence-corrected chi connectivity index (χ0v) is 27.5. The van der Waals surface area contributed by atoms with E-state index in [0.717, 1.165) is 0 Å². The Morgan fingerprint density at radius 2 is 0.405 bits per heavy atom. The van der Waals surface area contributed by atoms with Gasteiger partial charge in [0.2, 0.25) is 0 Å². The van der Waals surface area contributed by atoms with Gasteiger partial charge in [-0.25, -0.2) is 0 Å². The Morgan fingerprint density at radius 1 is 0.262 bits per heavy atom. The van der Waals surface area contributed by atoms with Gasteiger partial charge in [0.1, 0.15) is 0 Å². The molecule has 0 aliphatic heterocycles. The van der Waals surface area contributed by atoms with Crippen LogP contribution in [-0.4, -0.2) is 0 Å². The van der Waals surface area contributed by atoms with Crippen molar-refractivity contribution in [2.75, 3.05) is 0 Å². The Hall–Kier alpha value is -3.72. The van der Waals surface area contributed by atoms with Crippen LogP contribution in [0.5, 0.6) is 0 Å². The predicted octanol–water partition coefficient (Wildman–Crippen LogP) is 12.8. The molecule has 2 heteroatoms. The second-order valence-corrected chi connectivity index (χ2v) is 12.7. The molecule has 0 nitrogen and oxygen atoms in total. The van der Waals surface area contributed by atoms with E-state index in [0.29, 0.717) is 0 Å². The topological polar surface area (TPSA) is 0 Å². The molecule has 0 radical (unpaired) electrons. The molecule has 0 fully saturated rings. The maximum Gasteiger partial charge on any atom is 0.0234 e. The summed E-state index contributed by atoms with van der Waals surface area (Å²) in [5.74, 6) is 0. The van der Waals surface area contributed by atoms with Gasteiger partial charge < -0.3 is 0 Å². The second-order valence-electron chi connectivity index (χ2n) is 11.2. The number of benzene rings is 6. The van der Waals surface area contributed by atoms with Gasteiger partial charge in [-0.2, -0.15) is 0 Å². The van der Waals surface area contributed by atoms with Crippen molar-refractivity contribution in [1.29, 1.82) is 0 Å². The standard InChI is InChI=1S/C40H32Br2/c1-25-21-37(22-26(2)39(25)41)35-17-13-33(14-18-35)31-9-5-29(6-10-31)30-7-11-32(12-8-30)34-15-19-36(20-16-34)38-23-27(3)40(42)28(4)24-38/h5-24H,1-4H3. The molecule has 0 bridgehead atoms. The lowest BCUT2D eigenvalue weighted by atomic mass is 9.95. The highest BCUT2D eigenvalue weighted by Crippen LogP contribution is 2.33. The van der Waals surface area contributed by atoms with E-state index in [1.165, 1.54) is 86.8 Å². The van der Waals surface area contributed by atoms with Crippen molar-refractivity contribution in [2.45, 2.75) is 27.7 Å². The molecule has 0 N–H and O–H groups in total. The molecule has 0 unspecified atom stereocenters. The minimum Gasteiger partial charge on any atom is -0.0538 e. The molecule has 6 aromatic rings. The van der Waals surface area contributed by atoms with E-state index in [2.05, 4.69) is 181 Å². The first-order chi connectivity index (χ1) is 20.3. The molecule has 206 valence electrons. The highest BCUT2D eigenvalue weighted by Gasteiger charge is 2.08. The summed E-state index contributed by atoms with van der Waals surface area (Å²) in [6.45, 7) is 8.59. The first-order valence-corrected chi connectivity index (χ1v) is 15.8. The minimum atomic E-state index is 1.19. The third kappa shape index (κ3) is 5.79. The van der Waals surface area contributed by atoms with Crippen LogP contribution in [-0.2, 0) is 0 Å². The van der Waals surface area contributed by atoms with Gasteiger partial charge in [0.25, 0.3) is 0 Å². The normalized spacial score (nSPS) is 11.1. The molecule has 0 spiro atoms. The van der Waals surface area contributed by atoms with Gasteiger partial charge in [0, 0.05) is 8.95 Å². The van der Waals surface area contributed by atoms with Gasteiger partial charge in [-0.1, -0.05) is 153 Å². The lowest BCUT2D eigenvalue weighted by Gasteiger charge is -2.10. The van der Waals surface area contributed by atoms with Crippen LogP contribution in [0.3, 0.4) is 0 Å². The van der Waals surface area contributed by atoms with Crippen LogP contribution in [0.2, 0.25) is 0 Å². The van der Waals surface area contributed by atoms with E-state index in [-0.39, 0.29) is 0 Å². The first kappa shape index (κ1) is 28.4. The summed E-state index contributed by atoms with van der Waals surface area (Å²) in [6, 6.07) is 44.5. The molecule has 0 aromatic heterocycles. The zero-order valence-electron chi connectivity index (χ0n) is 24.3. The highest BCUT2D eigenvalue weighted by molar-refractivity contribution is 9.10. The molecule has 0 saturated heterocycles. The smallest absolute Gasteiger partial charge is 0.0234 e. The molecule has 0 heterocycles. The van der Waals surface area contributed by atoms with Crippen molar-refractivity contribution < 1.29 is 0 Å². The summed E-state index contributed by atoms with van der Waals surface area (Å²) < 4.78 is 2.38. The summed E-state index contributed by atoms with van der Waals surface area (Å²) in [7, 11) is 0. The number of aryl methyl sites for hydroxylation is 4. The van der Waals surface area contributed by atoms with Gasteiger partial charge in [-0.05, 0) is 106 Å². The maximum atomic E-state index is 3.68. The number of halogens is 2. The molecule has 6 aromatic carbocycles. The summed E-state index contributed by atoms with van der Waals surface area (Å²) >= 11 is 7.36. The Balaban J connectivity index is 1.16. The molecular weight excluding hydrogens is 640 g/mol. The second kappa shape index (κ2) is 11.9. The van der Waals surface area contributed by atoms with Crippen molar-refractivity contribution in [3.05, 3.63) is 153 Å². The summed E-state index contributed by atoms with van der Waals surface area (Å²) in [5, 5.41) is 0. The molecule has 0 aliphatic rings. The monoisotopic (exact) mass is 670 g/mol. The number of hydrogen-bond donors (Lipinski definition) is 0. The Morgan fingerprint density at radius 3 is 0.571 bits per heavy atom. The molecular formula is C40H32Br2. The number of hydrogen-bond acceptors (Lipinski definition) is 0. The fourth-order valence-electron chi connectivity index (χ4n) is 5.65. The van der Waals surface area contributed by atoms with Gasteiger partial charge in [0.15, 0.2) is 0 Å². The zero-order chi connectivity index (χ0) is 29.4. The Labute approximate surface area is 266 Å². The average Bonchev–Trinajstić information content (AvgIpc) is 3.02. The third-order valence-electron chi connectivity index (χ3n) is 8.08. The van der Waals surface area contributed by atoms with Crippen molar-refractivity contribution in [3.63, 3.8) is 0 Å². The first-order valence-electron chi connectivity index (χ1n) is 14.2. The van der Waals surface area contributed by atoms with Gasteiger partial charge in [-0.15, -0.1) is 0 Å². The van der Waals surface area contributed by atoms with E-state index >= 15 is 0 Å². The van der Waals surface area contributed by atoms with Crippen LogP contribution in [0.15, 0.2) is 130 Å². The molecule has 0 amide bonds. The molecule has 0 saturated carbocycles. The van der Waals surface area contributed by atoms with E-state index in [1.54, 1.807) is 0 Å². The Bertz CT molecular complexity index is 1690. The maximum absolute atomic E-state index is 3.68. The van der Waals surface area contributed by atoms with E-state index in [4.69, 9.17) is 0 Å². The van der Waals surface area contributed by atoms with Gasteiger partial charge >= 0.3 is 0 Å². The largest absolute Gasteiger partial charge is 0.0538 e. The molecule has 6 rings (SSSR count). The summed E-state index contributed by atoms with van der Waals surface area (Å²) in [5.41, 5.74) is 17.4. The van der Waals surface area contributed by atoms with Crippen LogP contribution < -0.4 is 0 Å². The third-order valence-corrected chi connectivity index (χ3v) is 10.6. The fourth-order valence-corrected chi connectivity index (χ4v) is 6.10. The molecule has 0 atom stereocenters. The SMILES string of the molecule is Cc1cc(-c2ccc(-c3ccc(-c4ccc(-c5ccc(-c6cc(C)c(Br)c(C)c6)cc5)cc4)cc3)cc2)cc(C)c1Br. The molecule has 42 heavy (non-hydrogen) atoms. The van der Waals surface area contributed by atoms with Gasteiger partial charge in [-0.3, -0.25) is 0 Å². The minimum absolute atomic E-state index is 1.19. The van der Waals surface area contributed by atoms with Crippen LogP contribution in [0.25, 0.3) is 55.6 Å².